The standard InChI is InChI=1S/C52H74N6O11/c1-12-22-56(10)40-25-33(4)65-49(44(40)61)68-47-35(6)45(67-42(59)26-37-18-16-20-53-28-37)36(7)48(62)66-41(13-2)52(9)46(34(5)43(60)32(3)27-51(47,8)64-11)58(50(63)69-52)24-15-14-23-57-30-39(55-31-57)38-19-17-21-54-29-38/h12,16-21,28-36,40-41,44-47,49,61H,1,13-15,22-27H2,2-11H3/t32-,33+,34+,35+,36-,40-,41-,44+,45+,46-,47-,49-,51-,52-/m1/s1. The molecule has 0 bridgehead atoms. The predicted molar refractivity (Wildman–Crippen MR) is 256 cm³/mol. The second-order valence-electron chi connectivity index (χ2n) is 19.8. The summed E-state index contributed by atoms with van der Waals surface area (Å²) in [6.45, 7) is 19.7. The number of pyridine rings is 2. The highest BCUT2D eigenvalue weighted by Crippen LogP contribution is 2.44. The van der Waals surface area contributed by atoms with E-state index in [1.807, 2.05) is 62.5 Å². The number of methoxy groups -OCH3 is 1. The van der Waals surface area contributed by atoms with Crippen molar-refractivity contribution in [3.8, 4) is 11.3 Å². The van der Waals surface area contributed by atoms with Crippen LogP contribution in [-0.2, 0) is 55.8 Å². The van der Waals surface area contributed by atoms with Gasteiger partial charge >= 0.3 is 18.0 Å². The number of fused-ring (bicyclic) bond motifs is 1. The summed E-state index contributed by atoms with van der Waals surface area (Å²) < 4.78 is 40.7. The van der Waals surface area contributed by atoms with Crippen LogP contribution in [0.1, 0.15) is 93.1 Å². The van der Waals surface area contributed by atoms with Gasteiger partial charge in [0, 0.05) is 87.1 Å². The van der Waals surface area contributed by atoms with E-state index in [4.69, 9.17) is 28.4 Å². The molecule has 6 heterocycles. The second-order valence-corrected chi connectivity index (χ2v) is 19.8. The minimum absolute atomic E-state index is 0.108. The zero-order chi connectivity index (χ0) is 50.2. The Labute approximate surface area is 407 Å². The van der Waals surface area contributed by atoms with E-state index in [-0.39, 0.29) is 43.7 Å². The molecule has 3 aliphatic rings. The highest BCUT2D eigenvalue weighted by Gasteiger charge is 2.60. The van der Waals surface area contributed by atoms with Crippen LogP contribution in [0.5, 0.6) is 0 Å². The first-order chi connectivity index (χ1) is 32.8. The van der Waals surface area contributed by atoms with Crippen molar-refractivity contribution in [2.45, 2.75) is 161 Å². The van der Waals surface area contributed by atoms with Crippen molar-refractivity contribution >= 4 is 23.8 Å². The number of amides is 1. The quantitative estimate of drug-likeness (QED) is 0.0711. The van der Waals surface area contributed by atoms with Crippen LogP contribution in [0.4, 0.5) is 4.79 Å². The number of imidazole rings is 1. The molecule has 69 heavy (non-hydrogen) atoms. The van der Waals surface area contributed by atoms with Gasteiger partial charge in [0.25, 0.3) is 0 Å². The lowest BCUT2D eigenvalue weighted by Crippen LogP contribution is -2.61. The lowest BCUT2D eigenvalue weighted by Gasteiger charge is -2.48. The van der Waals surface area contributed by atoms with Crippen LogP contribution in [0, 0.1) is 23.7 Å². The monoisotopic (exact) mass is 959 g/mol. The number of nitrogens with zero attached hydrogens (tertiary/aromatic N) is 6. The molecule has 0 saturated carbocycles. The maximum absolute atomic E-state index is 15.1. The Kier molecular flexibility index (Phi) is 17.9. The summed E-state index contributed by atoms with van der Waals surface area (Å²) in [7, 11) is 3.42. The Bertz CT molecular complexity index is 2200. The molecule has 3 aliphatic heterocycles. The molecule has 3 aromatic rings. The fourth-order valence-corrected chi connectivity index (χ4v) is 10.9. The van der Waals surface area contributed by atoms with E-state index in [2.05, 4.69) is 21.5 Å². The molecular formula is C52H74N6O11. The van der Waals surface area contributed by atoms with Gasteiger partial charge in [0.15, 0.2) is 11.9 Å². The van der Waals surface area contributed by atoms with Gasteiger partial charge in [0.1, 0.15) is 24.1 Å². The summed E-state index contributed by atoms with van der Waals surface area (Å²) >= 11 is 0. The summed E-state index contributed by atoms with van der Waals surface area (Å²) in [5.41, 5.74) is -0.439. The SMILES string of the molecule is C=CCN(C)[C@@H]1C[C@H](C)O[C@H](O[C@@H]2[C@@H](C)[C@H](OC(=O)Cc3cccnc3)[C@@H](C)C(=O)O[C@H](CC)[C@@]3(C)OC(=O)N(CCCCn4cnc(-c5cccnc5)c4)[C@@H]3[C@@H](C)C(=O)[C@H](C)C[C@@]2(C)OC)[C@H]1O. The molecule has 378 valence electrons. The Hall–Kier alpha value is -5.07. The fraction of sp³-hybridized carbons (Fsp3) is 0.635. The molecule has 14 atom stereocenters. The Morgan fingerprint density at radius 3 is 2.39 bits per heavy atom. The van der Waals surface area contributed by atoms with Crippen LogP contribution in [-0.4, -0.2) is 146 Å². The Morgan fingerprint density at radius 1 is 1.03 bits per heavy atom. The molecule has 6 rings (SSSR count). The van der Waals surface area contributed by atoms with Gasteiger partial charge in [0.2, 0.25) is 0 Å². The van der Waals surface area contributed by atoms with Gasteiger partial charge in [-0.25, -0.2) is 9.78 Å². The maximum atomic E-state index is 15.1. The smallest absolute Gasteiger partial charge is 0.410 e. The van der Waals surface area contributed by atoms with Crippen molar-refractivity contribution in [1.82, 2.24) is 29.3 Å². The number of likely N-dealkylation sites (N-methyl/N-ethyl adjacent to an activating group) is 1. The summed E-state index contributed by atoms with van der Waals surface area (Å²) in [4.78, 5) is 74.4. The number of aliphatic hydroxyl groups excluding tert-OH is 1. The first-order valence-corrected chi connectivity index (χ1v) is 24.4. The number of aryl methyl sites for hydroxylation is 1. The van der Waals surface area contributed by atoms with Crippen LogP contribution in [0.15, 0.2) is 74.2 Å². The van der Waals surface area contributed by atoms with Crippen molar-refractivity contribution in [3.05, 3.63) is 79.8 Å². The molecule has 1 amide bonds. The van der Waals surface area contributed by atoms with Crippen LogP contribution >= 0.6 is 0 Å². The summed E-state index contributed by atoms with van der Waals surface area (Å²) in [6, 6.07) is 6.10. The largest absolute Gasteiger partial charge is 0.461 e. The molecule has 0 aromatic carbocycles. The second kappa shape index (κ2) is 23.2. The first-order valence-electron chi connectivity index (χ1n) is 24.4. The Morgan fingerprint density at radius 2 is 1.74 bits per heavy atom. The molecule has 17 heteroatoms. The van der Waals surface area contributed by atoms with Gasteiger partial charge in [-0.2, -0.15) is 0 Å². The van der Waals surface area contributed by atoms with Gasteiger partial charge in [0.05, 0.1) is 48.2 Å². The zero-order valence-corrected chi connectivity index (χ0v) is 42.1. The number of rotatable bonds is 16. The first kappa shape index (κ1) is 53.3. The third kappa shape index (κ3) is 12.1. The number of cyclic esters (lactones) is 1. The number of Topliss-reactive ketones (excluding diaryl/α,β-unsaturated/α-hetero) is 1. The van der Waals surface area contributed by atoms with Crippen molar-refractivity contribution in [2.75, 3.05) is 27.2 Å². The van der Waals surface area contributed by atoms with Crippen molar-refractivity contribution < 1.29 is 52.7 Å². The molecule has 3 saturated heterocycles. The number of esters is 2. The number of hydrogen-bond acceptors (Lipinski definition) is 15. The van der Waals surface area contributed by atoms with E-state index < -0.39 is 89.7 Å². The van der Waals surface area contributed by atoms with E-state index in [9.17, 15) is 19.5 Å². The third-order valence-electron chi connectivity index (χ3n) is 14.7. The average Bonchev–Trinajstić information content (AvgIpc) is 3.91. The van der Waals surface area contributed by atoms with Crippen LogP contribution < -0.4 is 0 Å². The number of hydrogen-bond donors (Lipinski definition) is 1. The molecule has 0 aliphatic carbocycles. The number of carbonyl (C=O) groups excluding carboxylic acids is 4. The van der Waals surface area contributed by atoms with Crippen LogP contribution in [0.2, 0.25) is 0 Å². The topological polar surface area (TPSA) is 194 Å². The van der Waals surface area contributed by atoms with E-state index in [0.29, 0.717) is 37.9 Å². The number of aromatic nitrogens is 4. The van der Waals surface area contributed by atoms with Gasteiger partial charge in [-0.1, -0.05) is 39.8 Å². The molecule has 17 nitrogen and oxygen atoms in total. The minimum atomic E-state index is -1.45. The number of ketones is 1. The molecule has 1 N–H and O–H groups in total. The highest BCUT2D eigenvalue weighted by molar-refractivity contribution is 5.85. The van der Waals surface area contributed by atoms with Gasteiger partial charge < -0.3 is 43.0 Å². The molecule has 3 aromatic heterocycles. The maximum Gasteiger partial charge on any atom is 0.410 e. The lowest BCUT2D eigenvalue weighted by molar-refractivity contribution is -0.302. The van der Waals surface area contributed by atoms with Crippen LogP contribution in [0.3, 0.4) is 0 Å². The molecule has 0 radical (unpaired) electrons. The number of aliphatic hydroxyl groups is 1. The van der Waals surface area contributed by atoms with E-state index in [1.165, 1.54) is 7.11 Å². The lowest BCUT2D eigenvalue weighted by atomic mass is 9.73. The highest BCUT2D eigenvalue weighted by atomic mass is 16.7. The van der Waals surface area contributed by atoms with Gasteiger partial charge in [-0.05, 0) is 90.6 Å². The summed E-state index contributed by atoms with van der Waals surface area (Å²) in [6.07, 6.45) is 7.69. The van der Waals surface area contributed by atoms with E-state index in [1.54, 1.807) is 81.9 Å². The molecule has 0 spiro atoms. The van der Waals surface area contributed by atoms with E-state index >= 15 is 4.79 Å². The summed E-state index contributed by atoms with van der Waals surface area (Å²) in [5.74, 6) is -4.89. The number of unbranched alkanes of at least 4 members (excludes halogenated alkanes) is 1. The van der Waals surface area contributed by atoms with Gasteiger partial charge in [-0.15, -0.1) is 6.58 Å². The van der Waals surface area contributed by atoms with Crippen molar-refractivity contribution in [1.29, 1.82) is 0 Å². The number of carbonyl (C=O) groups is 4. The average molecular weight is 959 g/mol. The van der Waals surface area contributed by atoms with Crippen LogP contribution in [0.25, 0.3) is 11.3 Å². The van der Waals surface area contributed by atoms with Gasteiger partial charge in [-0.3, -0.25) is 29.3 Å². The predicted octanol–water partition coefficient (Wildman–Crippen LogP) is 6.47. The normalized spacial score (nSPS) is 33.6. The third-order valence-corrected chi connectivity index (χ3v) is 14.7. The molecular weight excluding hydrogens is 885 g/mol. The number of ether oxygens (including phenoxy) is 6. The van der Waals surface area contributed by atoms with E-state index in [0.717, 1.165) is 11.3 Å². The minimum Gasteiger partial charge on any atom is -0.461 e. The summed E-state index contributed by atoms with van der Waals surface area (Å²) in [5, 5.41) is 11.9. The Balaban J connectivity index is 1.35. The fourth-order valence-electron chi connectivity index (χ4n) is 10.9. The van der Waals surface area contributed by atoms with Crippen molar-refractivity contribution in [3.63, 3.8) is 0 Å². The zero-order valence-electron chi connectivity index (χ0n) is 42.1. The molecule has 3 fully saturated rings. The molecule has 0 unspecified atom stereocenters. The van der Waals surface area contributed by atoms with Crippen molar-refractivity contribution in [2.24, 2.45) is 23.7 Å².